The van der Waals surface area contributed by atoms with Crippen molar-refractivity contribution < 1.29 is 4.43 Å². The van der Waals surface area contributed by atoms with Crippen LogP contribution in [0.1, 0.15) is 19.4 Å². The molecule has 0 unspecified atom stereocenters. The van der Waals surface area contributed by atoms with Crippen LogP contribution in [0.2, 0.25) is 0 Å². The van der Waals surface area contributed by atoms with E-state index in [4.69, 9.17) is 4.43 Å². The van der Waals surface area contributed by atoms with Crippen LogP contribution < -0.4 is 0 Å². The van der Waals surface area contributed by atoms with E-state index < -0.39 is 0 Å². The Balaban J connectivity index is 0.000000583. The lowest BCUT2D eigenvalue weighted by molar-refractivity contribution is 0.124. The standard InChI is InChI=1S/C10H16OSi.C2H6Si/c1-10(2,11-12)8-9-6-4-3-5-7-9;1-2-3/h3-7H,8H2,1-2,12H3;2H,1H2,3H3. The number of benzene rings is 1. The van der Waals surface area contributed by atoms with Gasteiger partial charge in [-0.25, -0.2) is 0 Å². The van der Waals surface area contributed by atoms with Crippen molar-refractivity contribution in [2.75, 3.05) is 0 Å². The average molecular weight is 238 g/mol. The molecule has 15 heavy (non-hydrogen) atoms. The zero-order chi connectivity index (χ0) is 11.7. The van der Waals surface area contributed by atoms with Gasteiger partial charge < -0.3 is 4.43 Å². The zero-order valence-corrected chi connectivity index (χ0v) is 14.3. The van der Waals surface area contributed by atoms with Crippen molar-refractivity contribution in [1.82, 2.24) is 0 Å². The summed E-state index contributed by atoms with van der Waals surface area (Å²) in [5, 5.41) is 0. The summed E-state index contributed by atoms with van der Waals surface area (Å²) >= 11 is 0. The molecular formula is C12H22OSi2. The number of hydrogen-bond donors (Lipinski definition) is 0. The molecule has 0 bridgehead atoms. The monoisotopic (exact) mass is 238 g/mol. The first-order valence-corrected chi connectivity index (χ1v) is 7.19. The van der Waals surface area contributed by atoms with Crippen LogP contribution >= 0.6 is 0 Å². The van der Waals surface area contributed by atoms with E-state index in [0.717, 1.165) is 27.1 Å². The fourth-order valence-electron chi connectivity index (χ4n) is 1.16. The van der Waals surface area contributed by atoms with Gasteiger partial charge in [-0.3, -0.25) is 0 Å². The normalized spacial score (nSPS) is 10.5. The third-order valence-electron chi connectivity index (χ3n) is 2.03. The second kappa shape index (κ2) is 7.62. The van der Waals surface area contributed by atoms with Crippen molar-refractivity contribution in [3.8, 4) is 0 Å². The largest absolute Gasteiger partial charge is 0.423 e. The molecule has 1 rings (SSSR count). The summed E-state index contributed by atoms with van der Waals surface area (Å²) in [6.07, 6.45) is 0.997. The van der Waals surface area contributed by atoms with Crippen LogP contribution in [0.4, 0.5) is 0 Å². The second-order valence-electron chi connectivity index (χ2n) is 4.03. The Morgan fingerprint density at radius 3 is 2.20 bits per heavy atom. The molecule has 84 valence electrons. The van der Waals surface area contributed by atoms with Crippen molar-refractivity contribution in [1.29, 1.82) is 0 Å². The molecule has 0 N–H and O–H groups in total. The minimum absolute atomic E-state index is 0.00752. The van der Waals surface area contributed by atoms with E-state index in [0.29, 0.717) is 0 Å². The highest BCUT2D eigenvalue weighted by molar-refractivity contribution is 6.16. The maximum Gasteiger partial charge on any atom is 0.146 e. The number of rotatable bonds is 3. The predicted molar refractivity (Wildman–Crippen MR) is 75.4 cm³/mol. The topological polar surface area (TPSA) is 9.23 Å². The van der Waals surface area contributed by atoms with E-state index in [-0.39, 0.29) is 5.60 Å². The van der Waals surface area contributed by atoms with Crippen LogP contribution in [0.3, 0.4) is 0 Å². The number of hydrogen-bond acceptors (Lipinski definition) is 1. The first kappa shape index (κ1) is 14.4. The molecule has 0 heterocycles. The van der Waals surface area contributed by atoms with Crippen LogP contribution in [-0.2, 0) is 10.8 Å². The molecule has 1 aromatic rings. The van der Waals surface area contributed by atoms with Crippen LogP contribution in [-0.4, -0.2) is 26.3 Å². The third-order valence-corrected chi connectivity index (χ3v) is 3.13. The van der Waals surface area contributed by atoms with E-state index in [1.54, 1.807) is 0 Å². The molecule has 0 atom stereocenters. The first-order valence-electron chi connectivity index (χ1n) is 5.22. The van der Waals surface area contributed by atoms with Gasteiger partial charge >= 0.3 is 0 Å². The maximum absolute atomic E-state index is 5.48. The molecule has 0 aromatic heterocycles. The molecule has 0 aliphatic carbocycles. The lowest BCUT2D eigenvalue weighted by atomic mass is 9.99. The lowest BCUT2D eigenvalue weighted by Crippen LogP contribution is -2.25. The molecular weight excluding hydrogens is 216 g/mol. The lowest BCUT2D eigenvalue weighted by Gasteiger charge is -2.23. The Bertz CT molecular complexity index is 270. The Kier molecular flexibility index (Phi) is 7.29. The summed E-state index contributed by atoms with van der Waals surface area (Å²) in [7, 11) is 1.94. The molecule has 0 aliphatic heterocycles. The van der Waals surface area contributed by atoms with Gasteiger partial charge in [0.1, 0.15) is 10.5 Å². The molecule has 0 spiro atoms. The highest BCUT2D eigenvalue weighted by Crippen LogP contribution is 2.14. The van der Waals surface area contributed by atoms with Gasteiger partial charge in [-0.15, -0.1) is 12.3 Å². The molecule has 0 amide bonds. The summed E-state index contributed by atoms with van der Waals surface area (Å²) in [5.74, 6) is 0. The first-order chi connectivity index (χ1) is 7.05. The van der Waals surface area contributed by atoms with Crippen molar-refractivity contribution in [3.05, 3.63) is 48.2 Å². The van der Waals surface area contributed by atoms with Crippen LogP contribution in [0.15, 0.2) is 42.6 Å². The highest BCUT2D eigenvalue weighted by atomic mass is 28.2. The minimum atomic E-state index is 0.00752. The Morgan fingerprint density at radius 2 is 1.80 bits per heavy atom. The molecule has 0 saturated carbocycles. The SMILES string of the molecule is C=C[SiH3].CC(C)(Cc1ccccc1)O[SiH3]. The highest BCUT2D eigenvalue weighted by Gasteiger charge is 2.15. The molecule has 0 fully saturated rings. The Labute approximate surface area is 99.5 Å². The molecule has 3 heteroatoms. The zero-order valence-electron chi connectivity index (χ0n) is 10.3. The van der Waals surface area contributed by atoms with E-state index in [1.807, 2.05) is 11.8 Å². The third kappa shape index (κ3) is 7.30. The average Bonchev–Trinajstić information content (AvgIpc) is 2.20. The fourth-order valence-corrected chi connectivity index (χ4v) is 1.30. The van der Waals surface area contributed by atoms with Crippen molar-refractivity contribution in [2.45, 2.75) is 25.9 Å². The smallest absolute Gasteiger partial charge is 0.146 e. The molecule has 1 aromatic carbocycles. The molecule has 0 radical (unpaired) electrons. The van der Waals surface area contributed by atoms with Crippen molar-refractivity contribution in [3.63, 3.8) is 0 Å². The quantitative estimate of drug-likeness (QED) is 0.708. The summed E-state index contributed by atoms with van der Waals surface area (Å²) in [6.45, 7) is 7.69. The van der Waals surface area contributed by atoms with Gasteiger partial charge in [0.05, 0.1) is 5.60 Å². The summed E-state index contributed by atoms with van der Waals surface area (Å²) < 4.78 is 5.48. The van der Waals surface area contributed by atoms with Crippen LogP contribution in [0, 0.1) is 0 Å². The van der Waals surface area contributed by atoms with Crippen molar-refractivity contribution in [2.24, 2.45) is 0 Å². The summed E-state index contributed by atoms with van der Waals surface area (Å²) in [5.41, 5.74) is 3.24. The van der Waals surface area contributed by atoms with Crippen LogP contribution in [0.5, 0.6) is 0 Å². The van der Waals surface area contributed by atoms with Gasteiger partial charge in [0.25, 0.3) is 0 Å². The van der Waals surface area contributed by atoms with Gasteiger partial charge in [0.2, 0.25) is 0 Å². The van der Waals surface area contributed by atoms with Crippen molar-refractivity contribution >= 4 is 20.7 Å². The molecule has 1 nitrogen and oxygen atoms in total. The predicted octanol–water partition coefficient (Wildman–Crippen LogP) is 0.800. The van der Waals surface area contributed by atoms with Gasteiger partial charge in [-0.2, -0.15) is 0 Å². The van der Waals surface area contributed by atoms with Gasteiger partial charge in [0, 0.05) is 10.2 Å². The van der Waals surface area contributed by atoms with Crippen LogP contribution in [0.25, 0.3) is 0 Å². The van der Waals surface area contributed by atoms with E-state index in [1.165, 1.54) is 5.56 Å². The fraction of sp³-hybridized carbons (Fsp3) is 0.333. The van der Waals surface area contributed by atoms with E-state index in [2.05, 4.69) is 44.7 Å². The minimum Gasteiger partial charge on any atom is -0.423 e. The van der Waals surface area contributed by atoms with Gasteiger partial charge in [-0.1, -0.05) is 30.3 Å². The summed E-state index contributed by atoms with van der Waals surface area (Å²) in [6, 6.07) is 10.5. The Morgan fingerprint density at radius 1 is 1.33 bits per heavy atom. The molecule has 0 aliphatic rings. The second-order valence-corrected chi connectivity index (χ2v) is 5.26. The van der Waals surface area contributed by atoms with E-state index >= 15 is 0 Å². The van der Waals surface area contributed by atoms with Gasteiger partial charge in [-0.05, 0) is 25.8 Å². The van der Waals surface area contributed by atoms with E-state index in [9.17, 15) is 0 Å². The molecule has 0 saturated heterocycles. The maximum atomic E-state index is 5.48. The van der Waals surface area contributed by atoms with Gasteiger partial charge in [0.15, 0.2) is 0 Å². The summed E-state index contributed by atoms with van der Waals surface area (Å²) in [4.78, 5) is 0. The Hall–Kier alpha value is -0.646.